The summed E-state index contributed by atoms with van der Waals surface area (Å²) in [6.45, 7) is 2.50. The number of nitrogens with two attached hydrogens (primary N) is 1. The highest BCUT2D eigenvalue weighted by Crippen LogP contribution is 2.56. The van der Waals surface area contributed by atoms with Gasteiger partial charge in [0.1, 0.15) is 11.6 Å². The number of primary amides is 1. The van der Waals surface area contributed by atoms with Crippen molar-refractivity contribution in [1.29, 1.82) is 0 Å². The second kappa shape index (κ2) is 18.2. The largest absolute Gasteiger partial charge is 0.494 e. The molecule has 0 radical (unpaired) electrons. The number of para-hydroxylation sites is 1. The molecule has 0 bridgehead atoms. The third kappa shape index (κ3) is 8.18. The molecule has 5 amide bonds. The van der Waals surface area contributed by atoms with Crippen LogP contribution in [0.3, 0.4) is 0 Å². The van der Waals surface area contributed by atoms with Gasteiger partial charge in [0.25, 0.3) is 0 Å². The number of anilines is 2. The van der Waals surface area contributed by atoms with Crippen molar-refractivity contribution in [3.05, 3.63) is 100 Å². The predicted molar refractivity (Wildman–Crippen MR) is 247 cm³/mol. The molecule has 0 spiro atoms. The number of hydrogen-bond acceptors (Lipinski definition) is 9. The number of methoxy groups -OCH3 is 1. The van der Waals surface area contributed by atoms with Crippen molar-refractivity contribution >= 4 is 57.8 Å². The Morgan fingerprint density at radius 1 is 0.955 bits per heavy atom. The number of urea groups is 1. The van der Waals surface area contributed by atoms with E-state index < -0.39 is 35.1 Å². The van der Waals surface area contributed by atoms with Gasteiger partial charge in [0.05, 0.1) is 28.9 Å². The minimum Gasteiger partial charge on any atom is -0.494 e. The van der Waals surface area contributed by atoms with E-state index >= 15 is 8.78 Å². The Hall–Kier alpha value is -6.26. The number of nitrogens with zero attached hydrogens (tertiary/aromatic N) is 3. The van der Waals surface area contributed by atoms with Gasteiger partial charge in [-0.2, -0.15) is 5.10 Å². The quantitative estimate of drug-likeness (QED) is 0.0834. The number of amides is 5. The molecular formula is C49H53ClF2N8O6. The first-order valence-corrected chi connectivity index (χ1v) is 23.0. The number of fused-ring (bicyclic) bond motifs is 2. The van der Waals surface area contributed by atoms with Crippen LogP contribution in [-0.2, 0) is 22.2 Å². The number of carbonyl (C=O) groups is 4. The summed E-state index contributed by atoms with van der Waals surface area (Å²) in [5, 5.41) is 18.3. The summed E-state index contributed by atoms with van der Waals surface area (Å²) in [6.07, 6.45) is 6.55. The number of aryl methyl sites for hydroxylation is 1. The minimum atomic E-state index is -1.08. The molecule has 9 rings (SSSR count). The normalized spacial score (nSPS) is 24.1. The Morgan fingerprint density at radius 3 is 2.36 bits per heavy atom. The van der Waals surface area contributed by atoms with Crippen LogP contribution < -0.4 is 41.4 Å². The van der Waals surface area contributed by atoms with E-state index in [1.54, 1.807) is 4.68 Å². The maximum Gasteiger partial charge on any atom is 0.329 e. The molecule has 17 heteroatoms. The van der Waals surface area contributed by atoms with Gasteiger partial charge in [-0.1, -0.05) is 54.9 Å². The zero-order valence-corrected chi connectivity index (χ0v) is 37.8. The van der Waals surface area contributed by atoms with Gasteiger partial charge >= 0.3 is 6.03 Å². The van der Waals surface area contributed by atoms with Crippen molar-refractivity contribution in [2.45, 2.75) is 94.4 Å². The van der Waals surface area contributed by atoms with Gasteiger partial charge in [-0.05, 0) is 81.2 Å². The fourth-order valence-electron chi connectivity index (χ4n) is 10.6. The van der Waals surface area contributed by atoms with Crippen molar-refractivity contribution in [2.75, 3.05) is 30.4 Å². The standard InChI is InChI=1S/C49H53ClF2N8O6/c1-26-39-37(24-34(51)42(50)41(39)40-32(45(53)62)20-21-36(65-3)43(40)52)66-49(26,28-8-5-4-6-9-28)25-54-29-14-12-27(13-15-29)47(63)56-31-18-16-30(17-19-31)55-35-11-7-10-33-44(35)59(2)58-46(33)60-23-22-38(61)57-48(60)64/h4-11,20-21,24,26-27,29-31,54-55H,12-19,22-23,25H2,1-3H3,(H2,53,62)(H,56,63)(H,57,61,64). The molecular weight excluding hydrogens is 870 g/mol. The van der Waals surface area contributed by atoms with Crippen molar-refractivity contribution < 1.29 is 37.4 Å². The molecule has 2 unspecified atom stereocenters. The van der Waals surface area contributed by atoms with Crippen LogP contribution in [0.25, 0.3) is 22.0 Å². The van der Waals surface area contributed by atoms with E-state index in [1.807, 2.05) is 62.5 Å². The highest BCUT2D eigenvalue weighted by Gasteiger charge is 2.50. The Kier molecular flexibility index (Phi) is 12.4. The van der Waals surface area contributed by atoms with Crippen LogP contribution in [0.1, 0.15) is 92.1 Å². The number of aromatic nitrogens is 2. The van der Waals surface area contributed by atoms with Crippen LogP contribution in [0.5, 0.6) is 11.5 Å². The summed E-state index contributed by atoms with van der Waals surface area (Å²) < 4.78 is 45.7. The number of imide groups is 1. The molecule has 2 saturated carbocycles. The first kappa shape index (κ1) is 44.9. The summed E-state index contributed by atoms with van der Waals surface area (Å²) in [6, 6.07) is 19.1. The van der Waals surface area contributed by atoms with Gasteiger partial charge in [-0.15, -0.1) is 0 Å². The van der Waals surface area contributed by atoms with Gasteiger partial charge in [0.15, 0.2) is 23.0 Å². The van der Waals surface area contributed by atoms with Crippen LogP contribution in [-0.4, -0.2) is 71.9 Å². The van der Waals surface area contributed by atoms with Crippen molar-refractivity contribution in [3.63, 3.8) is 0 Å². The van der Waals surface area contributed by atoms with Gasteiger partial charge in [-0.3, -0.25) is 29.3 Å². The SMILES string of the molecule is COc1ccc(C(N)=O)c(-c2c(Cl)c(F)cc3c2C(C)C(CNC2CCC(C(=O)NC4CCC(Nc5cccc6c(N7CCC(=O)NC7=O)nn(C)c56)CC4)CC2)(c2ccccc2)O3)c1F. The zero-order chi connectivity index (χ0) is 46.4. The molecule has 1 aromatic heterocycles. The lowest BCUT2D eigenvalue weighted by molar-refractivity contribution is -0.127. The van der Waals surface area contributed by atoms with Crippen LogP contribution in [0, 0.1) is 17.6 Å². The van der Waals surface area contributed by atoms with Gasteiger partial charge in [0, 0.05) is 84.7 Å². The number of rotatable bonds is 12. The maximum atomic E-state index is 16.2. The number of nitrogens with one attached hydrogen (secondary N) is 4. The van der Waals surface area contributed by atoms with E-state index in [-0.39, 0.29) is 82.0 Å². The third-order valence-electron chi connectivity index (χ3n) is 14.1. The van der Waals surface area contributed by atoms with E-state index in [0.717, 1.165) is 60.7 Å². The second-order valence-electron chi connectivity index (χ2n) is 17.9. The molecule has 6 N–H and O–H groups in total. The van der Waals surface area contributed by atoms with Gasteiger partial charge < -0.3 is 31.2 Å². The Labute approximate surface area is 385 Å². The summed E-state index contributed by atoms with van der Waals surface area (Å²) in [5.41, 5.74) is 7.26. The van der Waals surface area contributed by atoms with Crippen LogP contribution >= 0.6 is 11.6 Å². The number of benzene rings is 4. The smallest absolute Gasteiger partial charge is 0.329 e. The first-order valence-electron chi connectivity index (χ1n) is 22.6. The fraction of sp³-hybridized carbons (Fsp3) is 0.408. The molecule has 14 nitrogen and oxygen atoms in total. The second-order valence-corrected chi connectivity index (χ2v) is 18.3. The molecule has 5 aromatic rings. The average Bonchev–Trinajstić information content (AvgIpc) is 3.80. The monoisotopic (exact) mass is 922 g/mol. The van der Waals surface area contributed by atoms with E-state index in [2.05, 4.69) is 26.4 Å². The molecule has 3 fully saturated rings. The Bertz CT molecular complexity index is 2720. The average molecular weight is 923 g/mol. The third-order valence-corrected chi connectivity index (χ3v) is 14.5. The number of halogens is 3. The highest BCUT2D eigenvalue weighted by molar-refractivity contribution is 6.34. The Balaban J connectivity index is 0.828. The Morgan fingerprint density at radius 2 is 1.67 bits per heavy atom. The number of carbonyl (C=O) groups excluding carboxylic acids is 4. The molecule has 3 heterocycles. The fourth-order valence-corrected chi connectivity index (χ4v) is 10.8. The summed E-state index contributed by atoms with van der Waals surface area (Å²) >= 11 is 6.68. The number of hydrogen-bond donors (Lipinski definition) is 5. The molecule has 66 heavy (non-hydrogen) atoms. The molecule has 346 valence electrons. The van der Waals surface area contributed by atoms with E-state index in [4.69, 9.17) is 26.8 Å². The van der Waals surface area contributed by atoms with Crippen molar-refractivity contribution in [3.8, 4) is 22.6 Å². The van der Waals surface area contributed by atoms with E-state index in [1.165, 1.54) is 30.2 Å². The topological polar surface area (TPSA) is 182 Å². The molecule has 1 saturated heterocycles. The van der Waals surface area contributed by atoms with Gasteiger partial charge in [0.2, 0.25) is 17.7 Å². The lowest BCUT2D eigenvalue weighted by Gasteiger charge is -2.37. The van der Waals surface area contributed by atoms with E-state index in [0.29, 0.717) is 30.8 Å². The summed E-state index contributed by atoms with van der Waals surface area (Å²) in [7, 11) is 3.14. The first-order chi connectivity index (χ1) is 31.8. The molecule has 2 atom stereocenters. The number of ether oxygens (including phenoxy) is 2. The molecule has 4 aliphatic rings. The van der Waals surface area contributed by atoms with Crippen LogP contribution in [0.4, 0.5) is 25.1 Å². The van der Waals surface area contributed by atoms with Crippen LogP contribution in [0.2, 0.25) is 5.02 Å². The van der Waals surface area contributed by atoms with Crippen molar-refractivity contribution in [2.24, 2.45) is 18.7 Å². The van der Waals surface area contributed by atoms with Crippen molar-refractivity contribution in [1.82, 2.24) is 25.7 Å². The molecule has 4 aromatic carbocycles. The summed E-state index contributed by atoms with van der Waals surface area (Å²) in [4.78, 5) is 52.2. The lowest BCUT2D eigenvalue weighted by Crippen LogP contribution is -2.49. The lowest BCUT2D eigenvalue weighted by atomic mass is 9.77. The minimum absolute atomic E-state index is 0.0126. The summed E-state index contributed by atoms with van der Waals surface area (Å²) in [5.74, 6) is -2.96. The molecule has 2 aliphatic heterocycles. The van der Waals surface area contributed by atoms with E-state index in [9.17, 15) is 19.2 Å². The molecule has 2 aliphatic carbocycles. The highest BCUT2D eigenvalue weighted by atomic mass is 35.5. The van der Waals surface area contributed by atoms with Gasteiger partial charge in [-0.25, -0.2) is 13.6 Å². The zero-order valence-electron chi connectivity index (χ0n) is 37.0. The van der Waals surface area contributed by atoms with Crippen LogP contribution in [0.15, 0.2) is 66.7 Å². The predicted octanol–water partition coefficient (Wildman–Crippen LogP) is 7.81. The maximum absolute atomic E-state index is 16.2.